The molecule has 2 saturated heterocycles. The number of hydrogen-bond donors (Lipinski definition) is 1. The highest BCUT2D eigenvalue weighted by atomic mass is 79.9. The van der Waals surface area contributed by atoms with E-state index in [0.717, 1.165) is 17.8 Å². The zero-order chi connectivity index (χ0) is 29.2. The van der Waals surface area contributed by atoms with Gasteiger partial charge in [-0.25, -0.2) is 0 Å². The van der Waals surface area contributed by atoms with Gasteiger partial charge in [-0.2, -0.15) is 13.2 Å². The van der Waals surface area contributed by atoms with Gasteiger partial charge >= 0.3 is 6.18 Å². The number of carbonyl (C=O) groups is 3. The number of alkyl halides is 3. The summed E-state index contributed by atoms with van der Waals surface area (Å²) in [6.07, 6.45) is -3.70. The van der Waals surface area contributed by atoms with Crippen molar-refractivity contribution >= 4 is 39.3 Å². The molecule has 2 aliphatic rings. The van der Waals surface area contributed by atoms with Crippen LogP contribution >= 0.6 is 15.9 Å². The average molecular weight is 629 g/mol. The molecule has 2 heterocycles. The first kappa shape index (κ1) is 28.7. The van der Waals surface area contributed by atoms with E-state index in [2.05, 4.69) is 21.2 Å². The Balaban J connectivity index is 1.29. The fourth-order valence-corrected chi connectivity index (χ4v) is 5.95. The topological polar surface area (TPSA) is 73.0 Å². The highest BCUT2D eigenvalue weighted by Gasteiger charge is 2.54. The minimum Gasteiger partial charge on any atom is -0.350 e. The number of rotatable bonds is 6. The second-order valence-electron chi connectivity index (χ2n) is 10.2. The number of anilines is 1. The number of carbonyl (C=O) groups excluding carboxylic acids is 3. The quantitative estimate of drug-likeness (QED) is 0.414. The van der Waals surface area contributed by atoms with Crippen LogP contribution in [-0.4, -0.2) is 59.4 Å². The van der Waals surface area contributed by atoms with Crippen LogP contribution < -0.4 is 10.2 Å². The summed E-state index contributed by atoms with van der Waals surface area (Å²) in [5.74, 6) is -0.791. The number of nitrogens with one attached hydrogen (secondary N) is 1. The van der Waals surface area contributed by atoms with Crippen molar-refractivity contribution in [3.63, 3.8) is 0 Å². The molecule has 0 aromatic heterocycles. The molecule has 0 radical (unpaired) electrons. The fourth-order valence-electron chi connectivity index (χ4n) is 5.49. The highest BCUT2D eigenvalue weighted by molar-refractivity contribution is 9.10. The third-order valence-electron chi connectivity index (χ3n) is 7.64. The lowest BCUT2D eigenvalue weighted by atomic mass is 9.85. The van der Waals surface area contributed by atoms with Gasteiger partial charge < -0.3 is 20.0 Å². The molecule has 2 fully saturated rings. The first-order chi connectivity index (χ1) is 19.6. The molecule has 214 valence electrons. The van der Waals surface area contributed by atoms with E-state index in [9.17, 15) is 27.6 Å². The molecule has 41 heavy (non-hydrogen) atoms. The number of piperidine rings is 1. The van der Waals surface area contributed by atoms with Gasteiger partial charge in [0.05, 0.1) is 17.8 Å². The van der Waals surface area contributed by atoms with Gasteiger partial charge in [-0.15, -0.1) is 0 Å². The Kier molecular flexibility index (Phi) is 8.08. The molecule has 3 aromatic rings. The van der Waals surface area contributed by atoms with Crippen LogP contribution in [-0.2, 0) is 22.3 Å². The first-order valence-electron chi connectivity index (χ1n) is 13.2. The molecular weight excluding hydrogens is 601 g/mol. The summed E-state index contributed by atoms with van der Waals surface area (Å²) in [7, 11) is 0. The van der Waals surface area contributed by atoms with Crippen molar-refractivity contribution in [3.05, 3.63) is 100 Å². The van der Waals surface area contributed by atoms with Crippen molar-refractivity contribution < 1.29 is 27.6 Å². The number of para-hydroxylation sites is 1. The Hall–Kier alpha value is -3.86. The minimum atomic E-state index is -4.48. The number of benzene rings is 3. The average Bonchev–Trinajstić information content (AvgIpc) is 3.22. The fraction of sp³-hybridized carbons (Fsp3) is 0.300. The number of amides is 3. The summed E-state index contributed by atoms with van der Waals surface area (Å²) < 4.78 is 39.8. The van der Waals surface area contributed by atoms with Crippen molar-refractivity contribution in [1.82, 2.24) is 15.1 Å². The van der Waals surface area contributed by atoms with Crippen molar-refractivity contribution in [3.8, 4) is 0 Å². The third-order valence-corrected chi connectivity index (χ3v) is 8.33. The van der Waals surface area contributed by atoms with E-state index in [1.165, 1.54) is 17.0 Å². The Morgan fingerprint density at radius 2 is 1.61 bits per heavy atom. The summed E-state index contributed by atoms with van der Waals surface area (Å²) in [6, 6.07) is 21.4. The summed E-state index contributed by atoms with van der Waals surface area (Å²) in [5.41, 5.74) is -0.0133. The van der Waals surface area contributed by atoms with Crippen molar-refractivity contribution in [2.24, 2.45) is 0 Å². The van der Waals surface area contributed by atoms with Crippen LogP contribution in [0.15, 0.2) is 83.3 Å². The molecule has 3 amide bonds. The lowest BCUT2D eigenvalue weighted by Crippen LogP contribution is -2.57. The molecule has 2 aliphatic heterocycles. The van der Waals surface area contributed by atoms with E-state index < -0.39 is 23.2 Å². The van der Waals surface area contributed by atoms with E-state index in [0.29, 0.717) is 41.5 Å². The molecule has 0 bridgehead atoms. The lowest BCUT2D eigenvalue weighted by Gasteiger charge is -2.43. The number of nitrogens with zero attached hydrogens (tertiary/aromatic N) is 3. The maximum Gasteiger partial charge on any atom is 0.416 e. The molecule has 1 N–H and O–H groups in total. The molecule has 5 rings (SSSR count). The van der Waals surface area contributed by atoms with Crippen molar-refractivity contribution in [2.45, 2.75) is 31.1 Å². The van der Waals surface area contributed by atoms with Crippen LogP contribution in [0.1, 0.15) is 34.3 Å². The second-order valence-corrected chi connectivity index (χ2v) is 11.0. The van der Waals surface area contributed by atoms with Gasteiger partial charge in [0.15, 0.2) is 0 Å². The normalized spacial score (nSPS) is 16.8. The van der Waals surface area contributed by atoms with E-state index in [1.807, 2.05) is 47.4 Å². The maximum atomic E-state index is 13.9. The number of halogens is 4. The molecule has 11 heteroatoms. The Morgan fingerprint density at radius 3 is 2.29 bits per heavy atom. The van der Waals surface area contributed by atoms with E-state index in [-0.39, 0.29) is 31.6 Å². The minimum absolute atomic E-state index is 0.0928. The molecule has 0 saturated carbocycles. The van der Waals surface area contributed by atoms with Gasteiger partial charge in [0.1, 0.15) is 12.1 Å². The van der Waals surface area contributed by atoms with Gasteiger partial charge in [-0.1, -0.05) is 42.5 Å². The van der Waals surface area contributed by atoms with Gasteiger partial charge in [0.25, 0.3) is 11.8 Å². The van der Waals surface area contributed by atoms with Gasteiger partial charge in [0, 0.05) is 29.8 Å². The zero-order valence-electron chi connectivity index (χ0n) is 22.0. The van der Waals surface area contributed by atoms with Crippen LogP contribution in [0.4, 0.5) is 18.9 Å². The second kappa shape index (κ2) is 11.6. The van der Waals surface area contributed by atoms with Crippen LogP contribution in [0.25, 0.3) is 0 Å². The van der Waals surface area contributed by atoms with Crippen LogP contribution in [0.3, 0.4) is 0 Å². The molecule has 0 atom stereocenters. The lowest BCUT2D eigenvalue weighted by molar-refractivity contribution is -0.138. The predicted molar refractivity (Wildman–Crippen MR) is 151 cm³/mol. The highest BCUT2D eigenvalue weighted by Crippen LogP contribution is 2.40. The molecule has 7 nitrogen and oxygen atoms in total. The summed E-state index contributed by atoms with van der Waals surface area (Å²) in [5, 5.41) is 2.64. The van der Waals surface area contributed by atoms with Crippen molar-refractivity contribution in [2.75, 3.05) is 31.2 Å². The Morgan fingerprint density at radius 1 is 0.927 bits per heavy atom. The number of hydrogen-bond acceptors (Lipinski definition) is 4. The SMILES string of the molecule is O=C(CN1CN(c2ccccc2)C2(CCN(C(=O)c3ccccc3Br)CC2)C1=O)NCc1cccc(C(F)(F)F)c1. The van der Waals surface area contributed by atoms with E-state index >= 15 is 0 Å². The standard InChI is InChI=1S/C30H28BrF3N4O3/c31-25-12-5-4-11-24(25)27(40)36-15-13-29(14-16-36)28(41)37(20-38(29)23-9-2-1-3-10-23)19-26(39)35-18-21-7-6-8-22(17-21)30(32,33)34/h1-12,17H,13-16,18-20H2,(H,35,39). The van der Waals surface area contributed by atoms with Crippen LogP contribution in [0.2, 0.25) is 0 Å². The number of likely N-dealkylation sites (tertiary alicyclic amines) is 1. The molecule has 0 unspecified atom stereocenters. The van der Waals surface area contributed by atoms with Gasteiger partial charge in [0.2, 0.25) is 5.91 Å². The maximum absolute atomic E-state index is 13.9. The molecule has 0 aliphatic carbocycles. The van der Waals surface area contributed by atoms with Crippen LogP contribution in [0, 0.1) is 0 Å². The molecule has 1 spiro atoms. The van der Waals surface area contributed by atoms with Crippen molar-refractivity contribution in [1.29, 1.82) is 0 Å². The monoisotopic (exact) mass is 628 g/mol. The Bertz CT molecular complexity index is 1440. The summed E-state index contributed by atoms with van der Waals surface area (Å²) >= 11 is 3.44. The van der Waals surface area contributed by atoms with E-state index in [4.69, 9.17) is 0 Å². The third kappa shape index (κ3) is 5.95. The van der Waals surface area contributed by atoms with Gasteiger partial charge in [-0.05, 0) is 70.7 Å². The van der Waals surface area contributed by atoms with Gasteiger partial charge in [-0.3, -0.25) is 14.4 Å². The molecular formula is C30H28BrF3N4O3. The van der Waals surface area contributed by atoms with E-state index in [1.54, 1.807) is 17.0 Å². The molecule has 3 aromatic carbocycles. The van der Waals surface area contributed by atoms with Crippen LogP contribution in [0.5, 0.6) is 0 Å². The largest absolute Gasteiger partial charge is 0.416 e. The first-order valence-corrected chi connectivity index (χ1v) is 14.0. The summed E-state index contributed by atoms with van der Waals surface area (Å²) in [4.78, 5) is 45.2. The predicted octanol–water partition coefficient (Wildman–Crippen LogP) is 5.07. The smallest absolute Gasteiger partial charge is 0.350 e. The summed E-state index contributed by atoms with van der Waals surface area (Å²) in [6.45, 7) is 0.584. The Labute approximate surface area is 244 Å². The zero-order valence-corrected chi connectivity index (χ0v) is 23.6.